The highest BCUT2D eigenvalue weighted by atomic mass is 16.5. The first kappa shape index (κ1) is 25.8. The molecule has 0 aliphatic carbocycles. The number of anilines is 1. The lowest BCUT2D eigenvalue weighted by molar-refractivity contribution is -0.136. The number of nitrogens with zero attached hydrogens (tertiary/aromatic N) is 1. The number of amides is 2. The molecule has 0 spiro atoms. The van der Waals surface area contributed by atoms with E-state index in [1.807, 2.05) is 41.5 Å². The second-order valence-electron chi connectivity index (χ2n) is 10.3. The summed E-state index contributed by atoms with van der Waals surface area (Å²) in [5.41, 5.74) is 3.92. The number of hydrogen-bond acceptors (Lipinski definition) is 5. The van der Waals surface area contributed by atoms with Gasteiger partial charge in [-0.25, -0.2) is 5.43 Å². The highest BCUT2D eigenvalue weighted by Crippen LogP contribution is 2.21. The summed E-state index contributed by atoms with van der Waals surface area (Å²) in [4.78, 5) is 36.4. The van der Waals surface area contributed by atoms with Crippen LogP contribution in [0.3, 0.4) is 0 Å². The molecule has 0 bridgehead atoms. The van der Waals surface area contributed by atoms with Gasteiger partial charge in [-0.15, -0.1) is 0 Å². The Kier molecular flexibility index (Phi) is 8.51. The Morgan fingerprint density at radius 3 is 2.15 bits per heavy atom. The maximum atomic E-state index is 12.3. The van der Waals surface area contributed by atoms with Crippen molar-refractivity contribution in [1.82, 2.24) is 5.43 Å². The van der Waals surface area contributed by atoms with Gasteiger partial charge in [-0.3, -0.25) is 14.4 Å². The zero-order chi connectivity index (χ0) is 24.6. The predicted octanol–water partition coefficient (Wildman–Crippen LogP) is 5.17. The summed E-state index contributed by atoms with van der Waals surface area (Å²) >= 11 is 0. The van der Waals surface area contributed by atoms with Crippen molar-refractivity contribution in [1.29, 1.82) is 0 Å². The van der Waals surface area contributed by atoms with E-state index in [4.69, 9.17) is 4.74 Å². The normalized spacial score (nSPS) is 11.8. The van der Waals surface area contributed by atoms with Crippen molar-refractivity contribution >= 4 is 29.7 Å². The molecular weight excluding hydrogens is 418 g/mol. The summed E-state index contributed by atoms with van der Waals surface area (Å²) < 4.78 is 5.38. The van der Waals surface area contributed by atoms with E-state index in [2.05, 4.69) is 15.8 Å². The fourth-order valence-electron chi connectivity index (χ4n) is 2.88. The van der Waals surface area contributed by atoms with Crippen molar-refractivity contribution in [3.63, 3.8) is 0 Å². The van der Waals surface area contributed by atoms with Crippen LogP contribution in [0.4, 0.5) is 5.69 Å². The van der Waals surface area contributed by atoms with E-state index >= 15 is 0 Å². The van der Waals surface area contributed by atoms with Crippen molar-refractivity contribution in [2.45, 2.75) is 54.4 Å². The van der Waals surface area contributed by atoms with Crippen molar-refractivity contribution in [3.8, 4) is 5.75 Å². The Morgan fingerprint density at radius 2 is 1.55 bits per heavy atom. The third kappa shape index (κ3) is 10.1. The molecule has 2 N–H and O–H groups in total. The van der Waals surface area contributed by atoms with E-state index < -0.39 is 0 Å². The van der Waals surface area contributed by atoms with Gasteiger partial charge in [-0.1, -0.05) is 53.7 Å². The van der Waals surface area contributed by atoms with Crippen LogP contribution in [0.1, 0.15) is 70.3 Å². The second-order valence-corrected chi connectivity index (χ2v) is 10.3. The fourth-order valence-corrected chi connectivity index (χ4v) is 2.88. The largest absolute Gasteiger partial charge is 0.426 e. The van der Waals surface area contributed by atoms with E-state index in [1.54, 1.807) is 48.5 Å². The van der Waals surface area contributed by atoms with Crippen LogP contribution in [0.5, 0.6) is 5.75 Å². The molecular formula is C26H33N3O4. The Balaban J connectivity index is 1.90. The Labute approximate surface area is 195 Å². The number of carbonyl (C=O) groups is 3. The lowest BCUT2D eigenvalue weighted by atomic mass is 9.92. The molecule has 0 saturated heterocycles. The molecule has 2 rings (SSSR count). The molecule has 0 heterocycles. The molecule has 176 valence electrons. The van der Waals surface area contributed by atoms with Crippen molar-refractivity contribution in [2.75, 3.05) is 5.32 Å². The van der Waals surface area contributed by atoms with Crippen molar-refractivity contribution in [2.24, 2.45) is 15.9 Å². The molecule has 0 unspecified atom stereocenters. The Hall–Kier alpha value is -3.48. The number of hydrogen-bond donors (Lipinski definition) is 2. The van der Waals surface area contributed by atoms with E-state index in [9.17, 15) is 14.4 Å². The maximum absolute atomic E-state index is 12.3. The lowest BCUT2D eigenvalue weighted by Crippen LogP contribution is -2.20. The molecule has 0 atom stereocenters. The first-order chi connectivity index (χ1) is 15.3. The molecule has 0 aliphatic heterocycles. The van der Waals surface area contributed by atoms with Gasteiger partial charge in [0.2, 0.25) is 5.91 Å². The molecule has 0 fully saturated rings. The van der Waals surface area contributed by atoms with Gasteiger partial charge in [-0.05, 0) is 52.8 Å². The summed E-state index contributed by atoms with van der Waals surface area (Å²) in [6.07, 6.45) is 2.18. The van der Waals surface area contributed by atoms with Crippen LogP contribution >= 0.6 is 0 Å². The monoisotopic (exact) mass is 451 g/mol. The number of rotatable bonds is 7. The maximum Gasteiger partial charge on any atom is 0.311 e. The van der Waals surface area contributed by atoms with Gasteiger partial charge in [0.05, 0.1) is 12.6 Å². The van der Waals surface area contributed by atoms with Gasteiger partial charge in [-0.2, -0.15) is 5.10 Å². The Bertz CT molecular complexity index is 1010. The predicted molar refractivity (Wildman–Crippen MR) is 130 cm³/mol. The molecule has 2 aromatic carbocycles. The van der Waals surface area contributed by atoms with E-state index in [1.165, 1.54) is 6.21 Å². The van der Waals surface area contributed by atoms with Crippen LogP contribution in [0.2, 0.25) is 0 Å². The number of carbonyl (C=O) groups excluding carboxylic acids is 3. The van der Waals surface area contributed by atoms with E-state index in [0.29, 0.717) is 35.4 Å². The van der Waals surface area contributed by atoms with Crippen molar-refractivity contribution in [3.05, 3.63) is 59.7 Å². The van der Waals surface area contributed by atoms with Crippen LogP contribution in [-0.4, -0.2) is 24.0 Å². The minimum Gasteiger partial charge on any atom is -0.426 e. The summed E-state index contributed by atoms with van der Waals surface area (Å²) in [5.74, 6) is -0.339. The third-order valence-corrected chi connectivity index (χ3v) is 4.27. The van der Waals surface area contributed by atoms with E-state index in [-0.39, 0.29) is 28.6 Å². The van der Waals surface area contributed by atoms with Crippen LogP contribution in [0.25, 0.3) is 0 Å². The van der Waals surface area contributed by atoms with Crippen LogP contribution in [0, 0.1) is 10.8 Å². The van der Waals surface area contributed by atoms with Gasteiger partial charge in [0.25, 0.3) is 5.91 Å². The summed E-state index contributed by atoms with van der Waals surface area (Å²) in [5, 5.41) is 6.80. The van der Waals surface area contributed by atoms with Gasteiger partial charge in [0.15, 0.2) is 0 Å². The smallest absolute Gasteiger partial charge is 0.311 e. The average Bonchev–Trinajstić information content (AvgIpc) is 2.65. The minimum absolute atomic E-state index is 0.0735. The van der Waals surface area contributed by atoms with Crippen LogP contribution < -0.4 is 15.5 Å². The number of benzene rings is 2. The number of nitrogens with one attached hydrogen (secondary N) is 2. The fraction of sp³-hybridized carbons (Fsp3) is 0.385. The summed E-state index contributed by atoms with van der Waals surface area (Å²) in [7, 11) is 0. The molecule has 2 aromatic rings. The summed E-state index contributed by atoms with van der Waals surface area (Å²) in [6, 6.07) is 13.5. The topological polar surface area (TPSA) is 96.9 Å². The highest BCUT2D eigenvalue weighted by molar-refractivity contribution is 5.96. The quantitative estimate of drug-likeness (QED) is 0.263. The second kappa shape index (κ2) is 10.9. The molecule has 0 radical (unpaired) electrons. The average molecular weight is 452 g/mol. The summed E-state index contributed by atoms with van der Waals surface area (Å²) in [6.45, 7) is 11.9. The number of esters is 1. The highest BCUT2D eigenvalue weighted by Gasteiger charge is 2.18. The first-order valence-electron chi connectivity index (χ1n) is 10.8. The molecule has 7 heteroatoms. The number of ether oxygens (including phenoxy) is 1. The van der Waals surface area contributed by atoms with Gasteiger partial charge in [0, 0.05) is 17.7 Å². The molecule has 0 saturated carbocycles. The number of hydrazone groups is 1. The first-order valence-corrected chi connectivity index (χ1v) is 10.8. The minimum atomic E-state index is -0.383. The lowest BCUT2D eigenvalue weighted by Gasteiger charge is -2.17. The third-order valence-electron chi connectivity index (χ3n) is 4.27. The Morgan fingerprint density at radius 1 is 0.909 bits per heavy atom. The molecule has 0 aromatic heterocycles. The van der Waals surface area contributed by atoms with Crippen molar-refractivity contribution < 1.29 is 19.1 Å². The molecule has 0 aliphatic rings. The van der Waals surface area contributed by atoms with Gasteiger partial charge < -0.3 is 10.1 Å². The van der Waals surface area contributed by atoms with Crippen LogP contribution in [-0.2, 0) is 9.59 Å². The van der Waals surface area contributed by atoms with E-state index in [0.717, 1.165) is 0 Å². The SMILES string of the molecule is CC(C)(C)CC(=O)Nc1ccc(C(=O)NN=Cc2cccc(OC(=O)CC(C)(C)C)c2)cc1. The van der Waals surface area contributed by atoms with Crippen LogP contribution in [0.15, 0.2) is 53.6 Å². The van der Waals surface area contributed by atoms with Gasteiger partial charge >= 0.3 is 5.97 Å². The zero-order valence-corrected chi connectivity index (χ0v) is 20.2. The molecule has 2 amide bonds. The molecule has 7 nitrogen and oxygen atoms in total. The van der Waals surface area contributed by atoms with Gasteiger partial charge in [0.1, 0.15) is 5.75 Å². The standard InChI is InChI=1S/C26H33N3O4/c1-25(2,3)15-22(30)28-20-12-10-19(11-13-20)24(32)29-27-17-18-8-7-9-21(14-18)33-23(31)16-26(4,5)6/h7-14,17H,15-16H2,1-6H3,(H,28,30)(H,29,32). The molecule has 33 heavy (non-hydrogen) atoms. The zero-order valence-electron chi connectivity index (χ0n) is 20.2.